The summed E-state index contributed by atoms with van der Waals surface area (Å²) in [4.78, 5) is 41.8. The van der Waals surface area contributed by atoms with Gasteiger partial charge in [0.05, 0.1) is 18.1 Å². The number of carbonyl (C=O) groups excluding carboxylic acids is 3. The van der Waals surface area contributed by atoms with E-state index in [4.69, 9.17) is 14.6 Å². The van der Waals surface area contributed by atoms with Gasteiger partial charge in [-0.25, -0.2) is 0 Å². The Balaban J connectivity index is 1.91. The molecule has 3 rings (SSSR count). The van der Waals surface area contributed by atoms with Crippen molar-refractivity contribution >= 4 is 17.8 Å². The van der Waals surface area contributed by atoms with E-state index in [1.54, 1.807) is 11.8 Å². The van der Waals surface area contributed by atoms with E-state index in [1.165, 1.54) is 0 Å². The molecule has 8 nitrogen and oxygen atoms in total. The van der Waals surface area contributed by atoms with Gasteiger partial charge in [-0.15, -0.1) is 0 Å². The number of aliphatic hydroxyl groups excluding tert-OH is 1. The Bertz CT molecular complexity index is 715. The summed E-state index contributed by atoms with van der Waals surface area (Å²) in [6, 6.07) is -0.738. The molecular weight excluding hydrogens is 412 g/mol. The molecule has 3 aliphatic rings. The van der Waals surface area contributed by atoms with Gasteiger partial charge >= 0.3 is 5.97 Å². The second kappa shape index (κ2) is 10.1. The zero-order chi connectivity index (χ0) is 23.5. The Morgan fingerprint density at radius 1 is 1.22 bits per heavy atom. The van der Waals surface area contributed by atoms with Gasteiger partial charge in [0.25, 0.3) is 0 Å². The molecule has 3 unspecified atom stereocenters. The molecule has 0 aromatic rings. The molecule has 2 amide bonds. The van der Waals surface area contributed by atoms with Crippen LogP contribution in [0.25, 0.3) is 0 Å². The first-order valence-electron chi connectivity index (χ1n) is 12.3. The van der Waals surface area contributed by atoms with E-state index in [9.17, 15) is 14.4 Å². The summed E-state index contributed by atoms with van der Waals surface area (Å²) in [7, 11) is 0. The lowest BCUT2D eigenvalue weighted by Crippen LogP contribution is -2.55. The molecule has 0 radical (unpaired) electrons. The van der Waals surface area contributed by atoms with Crippen LogP contribution in [0.3, 0.4) is 0 Å². The highest BCUT2D eigenvalue weighted by Gasteiger charge is 2.80. The molecule has 182 valence electrons. The number of likely N-dealkylation sites (tertiary alicyclic amines) is 1. The summed E-state index contributed by atoms with van der Waals surface area (Å²) in [6.07, 6.45) is 5.60. The molecule has 3 fully saturated rings. The summed E-state index contributed by atoms with van der Waals surface area (Å²) in [5.74, 6) is -2.14. The number of nitrogens with zero attached hydrogens (tertiary/aromatic N) is 1. The van der Waals surface area contributed by atoms with E-state index >= 15 is 0 Å². The molecule has 0 aliphatic carbocycles. The van der Waals surface area contributed by atoms with Gasteiger partial charge in [-0.1, -0.05) is 33.1 Å². The van der Waals surface area contributed by atoms with E-state index < -0.39 is 35.0 Å². The average molecular weight is 453 g/mol. The molecule has 0 aromatic carbocycles. The van der Waals surface area contributed by atoms with Crippen LogP contribution in [0.5, 0.6) is 0 Å². The Hall–Kier alpha value is -1.67. The van der Waals surface area contributed by atoms with Crippen LogP contribution in [0.2, 0.25) is 0 Å². The van der Waals surface area contributed by atoms with Gasteiger partial charge in [-0.3, -0.25) is 14.4 Å². The zero-order valence-electron chi connectivity index (χ0n) is 20.0. The smallest absolute Gasteiger partial charge is 0.312 e. The van der Waals surface area contributed by atoms with Crippen molar-refractivity contribution in [3.8, 4) is 0 Å². The van der Waals surface area contributed by atoms with Gasteiger partial charge in [-0.05, 0) is 45.4 Å². The van der Waals surface area contributed by atoms with Crippen molar-refractivity contribution in [1.29, 1.82) is 0 Å². The van der Waals surface area contributed by atoms with Crippen LogP contribution in [0, 0.1) is 17.8 Å². The van der Waals surface area contributed by atoms with Crippen molar-refractivity contribution in [2.45, 2.75) is 89.9 Å². The molecule has 0 aromatic heterocycles. The molecule has 0 saturated carbocycles. The van der Waals surface area contributed by atoms with Crippen molar-refractivity contribution < 1.29 is 29.0 Å². The lowest BCUT2D eigenvalue weighted by atomic mass is 9.62. The van der Waals surface area contributed by atoms with Crippen molar-refractivity contribution in [2.75, 3.05) is 26.3 Å². The van der Waals surface area contributed by atoms with Crippen LogP contribution in [0.1, 0.15) is 72.6 Å². The monoisotopic (exact) mass is 452 g/mol. The lowest BCUT2D eigenvalue weighted by Gasteiger charge is -2.35. The van der Waals surface area contributed by atoms with Crippen LogP contribution in [0.4, 0.5) is 0 Å². The van der Waals surface area contributed by atoms with Crippen LogP contribution in [0.15, 0.2) is 0 Å². The first-order valence-corrected chi connectivity index (χ1v) is 12.3. The minimum atomic E-state index is -0.996. The van der Waals surface area contributed by atoms with Gasteiger partial charge in [0.15, 0.2) is 0 Å². The maximum Gasteiger partial charge on any atom is 0.312 e. The predicted octanol–water partition coefficient (Wildman–Crippen LogP) is 2.03. The quantitative estimate of drug-likeness (QED) is 0.347. The van der Waals surface area contributed by atoms with Gasteiger partial charge in [0.2, 0.25) is 11.8 Å². The minimum Gasteiger partial charge on any atom is -0.466 e. The van der Waals surface area contributed by atoms with Gasteiger partial charge in [0.1, 0.15) is 17.6 Å². The van der Waals surface area contributed by atoms with Crippen LogP contribution < -0.4 is 5.32 Å². The summed E-state index contributed by atoms with van der Waals surface area (Å²) >= 11 is 0. The maximum atomic E-state index is 13.7. The largest absolute Gasteiger partial charge is 0.466 e. The number of unbranched alkanes of at least 4 members (excludes halogenated alkanes) is 4. The van der Waals surface area contributed by atoms with Crippen LogP contribution in [-0.2, 0) is 23.9 Å². The molecule has 8 heteroatoms. The molecule has 3 heterocycles. The Morgan fingerprint density at radius 2 is 1.94 bits per heavy atom. The summed E-state index contributed by atoms with van der Waals surface area (Å²) in [5, 5.41) is 12.0. The fourth-order valence-corrected chi connectivity index (χ4v) is 6.10. The predicted molar refractivity (Wildman–Crippen MR) is 119 cm³/mol. The number of fused-ring (bicyclic) bond motifs is 1. The highest BCUT2D eigenvalue weighted by atomic mass is 16.6. The molecule has 2 N–H and O–H groups in total. The number of ether oxygens (including phenoxy) is 2. The first-order chi connectivity index (χ1) is 15.3. The zero-order valence-corrected chi connectivity index (χ0v) is 20.0. The highest BCUT2D eigenvalue weighted by molar-refractivity contribution is 5.98. The lowest BCUT2D eigenvalue weighted by molar-refractivity contribution is -0.161. The number of esters is 1. The fraction of sp³-hybridized carbons (Fsp3) is 0.875. The molecule has 1 spiro atoms. The Kier molecular flexibility index (Phi) is 7.86. The Morgan fingerprint density at radius 3 is 2.59 bits per heavy atom. The third-order valence-corrected chi connectivity index (χ3v) is 7.74. The summed E-state index contributed by atoms with van der Waals surface area (Å²) in [6.45, 7) is 9.14. The van der Waals surface area contributed by atoms with Gasteiger partial charge < -0.3 is 24.8 Å². The molecule has 6 atom stereocenters. The topological polar surface area (TPSA) is 105 Å². The van der Waals surface area contributed by atoms with Crippen LogP contribution in [-0.4, -0.2) is 71.3 Å². The van der Waals surface area contributed by atoms with Gasteiger partial charge in [0, 0.05) is 19.7 Å². The second-order valence-electron chi connectivity index (χ2n) is 9.77. The number of nitrogens with one attached hydrogen (secondary N) is 1. The SMILES string of the molecule is CCCCNC(=O)C1N(CCCCCCO)C(=O)[C@@H]2[C@@H](C(=O)OCC)[C@]3(C)OC12CC3C. The van der Waals surface area contributed by atoms with Crippen LogP contribution >= 0.6 is 0 Å². The molecule has 3 saturated heterocycles. The number of aliphatic hydroxyl groups is 1. The van der Waals surface area contributed by atoms with Gasteiger partial charge in [-0.2, -0.15) is 0 Å². The van der Waals surface area contributed by atoms with E-state index in [2.05, 4.69) is 12.2 Å². The molecule has 2 bridgehead atoms. The fourth-order valence-electron chi connectivity index (χ4n) is 6.10. The molecule has 3 aliphatic heterocycles. The average Bonchev–Trinajstić information content (AvgIpc) is 3.25. The second-order valence-corrected chi connectivity index (χ2v) is 9.77. The molecular formula is C24H40N2O6. The van der Waals surface area contributed by atoms with E-state index in [1.807, 2.05) is 13.8 Å². The molecule has 32 heavy (non-hydrogen) atoms. The first kappa shape index (κ1) is 25.0. The normalized spacial score (nSPS) is 35.3. The third kappa shape index (κ3) is 4.04. The van der Waals surface area contributed by atoms with Crippen molar-refractivity contribution in [1.82, 2.24) is 10.2 Å². The number of hydrogen-bond acceptors (Lipinski definition) is 6. The van der Waals surface area contributed by atoms with Crippen molar-refractivity contribution in [2.24, 2.45) is 17.8 Å². The standard InChI is InChI=1S/C24H40N2O6/c1-5-7-12-25-20(28)19-24-15-16(3)23(4,32-24)18(22(30)31-6-2)17(24)21(29)26(19)13-10-8-9-11-14-27/h16-19,27H,5-15H2,1-4H3,(H,25,28)/t16?,17-,18-,19?,23+,24?/m0/s1. The highest BCUT2D eigenvalue weighted by Crippen LogP contribution is 2.65. The maximum absolute atomic E-state index is 13.7. The number of rotatable bonds is 12. The minimum absolute atomic E-state index is 0.0244. The van der Waals surface area contributed by atoms with Crippen molar-refractivity contribution in [3.05, 3.63) is 0 Å². The Labute approximate surface area is 191 Å². The number of amides is 2. The third-order valence-electron chi connectivity index (χ3n) is 7.74. The van der Waals surface area contributed by atoms with E-state index in [0.717, 1.165) is 38.5 Å². The van der Waals surface area contributed by atoms with E-state index in [0.29, 0.717) is 19.5 Å². The van der Waals surface area contributed by atoms with Crippen molar-refractivity contribution in [3.63, 3.8) is 0 Å². The summed E-state index contributed by atoms with van der Waals surface area (Å²) in [5.41, 5.74) is -1.81. The number of hydrogen-bond donors (Lipinski definition) is 2. The number of carbonyl (C=O) groups is 3. The summed E-state index contributed by atoms with van der Waals surface area (Å²) < 4.78 is 12.0. The van der Waals surface area contributed by atoms with E-state index in [-0.39, 0.29) is 30.9 Å².